The molecule has 2 aromatic heterocycles. The second-order valence-electron chi connectivity index (χ2n) is 8.96. The predicted octanol–water partition coefficient (Wildman–Crippen LogP) is 3.50. The van der Waals surface area contributed by atoms with E-state index in [0.29, 0.717) is 23.1 Å². The molecule has 3 aromatic rings. The second-order valence-corrected chi connectivity index (χ2v) is 8.96. The third-order valence-corrected chi connectivity index (χ3v) is 6.82. The van der Waals surface area contributed by atoms with Gasteiger partial charge in [0.05, 0.1) is 16.9 Å². The monoisotopic (exact) mass is 483 g/mol. The van der Waals surface area contributed by atoms with E-state index in [2.05, 4.69) is 37.3 Å². The first-order valence-corrected chi connectivity index (χ1v) is 12.0. The van der Waals surface area contributed by atoms with Gasteiger partial charge in [0.1, 0.15) is 11.3 Å². The highest BCUT2D eigenvalue weighted by Gasteiger charge is 2.20. The van der Waals surface area contributed by atoms with Gasteiger partial charge in [-0.3, -0.25) is 4.98 Å². The molecule has 9 heteroatoms. The number of nitrogens with zero attached hydrogens (tertiary/aromatic N) is 5. The van der Waals surface area contributed by atoms with Crippen LogP contribution in [0.2, 0.25) is 0 Å². The molecule has 0 bridgehead atoms. The number of anilines is 2. The molecule has 2 aliphatic rings. The molecule has 7 nitrogen and oxygen atoms in total. The Labute approximate surface area is 207 Å². The lowest BCUT2D eigenvalue weighted by atomic mass is 10.00. The summed E-state index contributed by atoms with van der Waals surface area (Å²) in [7, 11) is 0. The fourth-order valence-corrected chi connectivity index (χ4v) is 4.81. The minimum atomic E-state index is -0.207. The quantitative estimate of drug-likeness (QED) is 0.556. The van der Waals surface area contributed by atoms with E-state index in [1.165, 1.54) is 12.8 Å². The van der Waals surface area contributed by atoms with E-state index < -0.39 is 0 Å². The number of nitrogens with one attached hydrogen (secondary N) is 2. The van der Waals surface area contributed by atoms with Crippen molar-refractivity contribution < 1.29 is 4.39 Å². The molecule has 0 saturated carbocycles. The van der Waals surface area contributed by atoms with Gasteiger partial charge in [-0.25, -0.2) is 14.4 Å². The van der Waals surface area contributed by atoms with Gasteiger partial charge >= 0.3 is 0 Å². The van der Waals surface area contributed by atoms with Crippen LogP contribution in [0.1, 0.15) is 19.8 Å². The molecule has 2 aliphatic heterocycles. The highest BCUT2D eigenvalue weighted by molar-refractivity contribution is 7.59. The minimum Gasteiger partial charge on any atom is -0.368 e. The topological polar surface area (TPSA) is 69.2 Å². The summed E-state index contributed by atoms with van der Waals surface area (Å²) in [5.41, 5.74) is 3.62. The molecule has 1 atom stereocenters. The van der Waals surface area contributed by atoms with E-state index >= 15 is 4.39 Å². The standard InChI is InChI=1S/C25H32FN7.H2S/c1-2-32-10-12-33(13-11-32)23-6-5-19(14-20(23)26)21-15-22-24(29-9-8-28-22)25(31-21)30-17-18-4-3-7-27-16-18;/h5-6,8-9,14-15,18,27H,2-4,7,10-13,16-17H2,1H3,(H,30,31);1H2/t18-;/m0./s1. The summed E-state index contributed by atoms with van der Waals surface area (Å²) in [6, 6.07) is 7.34. The van der Waals surface area contributed by atoms with E-state index in [1.807, 2.05) is 18.2 Å². The van der Waals surface area contributed by atoms with Crippen molar-refractivity contribution in [2.75, 3.05) is 62.6 Å². The third-order valence-electron chi connectivity index (χ3n) is 6.82. The molecule has 182 valence electrons. The smallest absolute Gasteiger partial charge is 0.154 e. The maximum Gasteiger partial charge on any atom is 0.154 e. The van der Waals surface area contributed by atoms with Crippen molar-refractivity contribution in [1.82, 2.24) is 25.2 Å². The SMILES string of the molecule is CCN1CCN(c2ccc(-c3cc4nccnc4c(NC[C@H]4CCCNC4)n3)cc2F)CC1.S. The molecule has 0 unspecified atom stereocenters. The number of hydrogen-bond donors (Lipinski definition) is 2. The normalized spacial score (nSPS) is 19.1. The van der Waals surface area contributed by atoms with Gasteiger partial charge in [0.2, 0.25) is 0 Å². The number of likely N-dealkylation sites (N-methyl/N-ethyl adjacent to an activating group) is 1. The van der Waals surface area contributed by atoms with Crippen LogP contribution in [0.15, 0.2) is 36.7 Å². The Morgan fingerprint density at radius 2 is 1.94 bits per heavy atom. The summed E-state index contributed by atoms with van der Waals surface area (Å²) in [4.78, 5) is 18.4. The number of hydrogen-bond acceptors (Lipinski definition) is 7. The van der Waals surface area contributed by atoms with Crippen molar-refractivity contribution in [2.45, 2.75) is 19.8 Å². The van der Waals surface area contributed by atoms with E-state index in [1.54, 1.807) is 18.5 Å². The molecule has 2 saturated heterocycles. The second kappa shape index (κ2) is 11.3. The number of fused-ring (bicyclic) bond motifs is 1. The maximum absolute atomic E-state index is 15.2. The molecule has 0 radical (unpaired) electrons. The Balaban J connectivity index is 0.00000274. The Hall–Kier alpha value is -2.49. The highest BCUT2D eigenvalue weighted by atomic mass is 32.1. The zero-order valence-corrected chi connectivity index (χ0v) is 20.7. The zero-order chi connectivity index (χ0) is 22.6. The van der Waals surface area contributed by atoms with Crippen LogP contribution in [0.25, 0.3) is 22.3 Å². The van der Waals surface area contributed by atoms with Crippen molar-refractivity contribution in [3.63, 3.8) is 0 Å². The molecule has 1 aromatic carbocycles. The molecule has 4 heterocycles. The van der Waals surface area contributed by atoms with Crippen LogP contribution in [0.3, 0.4) is 0 Å². The fraction of sp³-hybridized carbons (Fsp3) is 0.480. The number of piperazine rings is 1. The molecule has 34 heavy (non-hydrogen) atoms. The minimum absolute atomic E-state index is 0. The average Bonchev–Trinajstić information content (AvgIpc) is 2.88. The summed E-state index contributed by atoms with van der Waals surface area (Å²) in [6.07, 6.45) is 5.76. The molecular formula is C25H34FN7S. The Morgan fingerprint density at radius 1 is 1.12 bits per heavy atom. The molecule has 2 N–H and O–H groups in total. The Kier molecular flexibility index (Phi) is 8.18. The number of pyridine rings is 1. The zero-order valence-electron chi connectivity index (χ0n) is 19.7. The summed E-state index contributed by atoms with van der Waals surface area (Å²) in [5, 5.41) is 6.95. The third kappa shape index (κ3) is 5.42. The molecular weight excluding hydrogens is 449 g/mol. The Bertz CT molecular complexity index is 1100. The van der Waals surface area contributed by atoms with Gasteiger partial charge < -0.3 is 20.4 Å². The maximum atomic E-state index is 15.2. The van der Waals surface area contributed by atoms with Gasteiger partial charge in [-0.1, -0.05) is 13.0 Å². The molecule has 5 rings (SSSR count). The van der Waals surface area contributed by atoms with Gasteiger partial charge in [0.25, 0.3) is 0 Å². The fourth-order valence-electron chi connectivity index (χ4n) is 4.81. The molecule has 0 aliphatic carbocycles. The summed E-state index contributed by atoms with van der Waals surface area (Å²) < 4.78 is 15.2. The van der Waals surface area contributed by atoms with E-state index in [0.717, 1.165) is 69.0 Å². The number of benzene rings is 1. The van der Waals surface area contributed by atoms with Gasteiger partial charge in [-0.2, -0.15) is 13.5 Å². The largest absolute Gasteiger partial charge is 0.368 e. The van der Waals surface area contributed by atoms with E-state index in [-0.39, 0.29) is 19.3 Å². The molecule has 2 fully saturated rings. The number of halogens is 1. The molecule has 0 spiro atoms. The van der Waals surface area contributed by atoms with Gasteiger partial charge in [0.15, 0.2) is 5.82 Å². The van der Waals surface area contributed by atoms with Gasteiger partial charge in [0, 0.05) is 50.7 Å². The van der Waals surface area contributed by atoms with Crippen molar-refractivity contribution in [1.29, 1.82) is 0 Å². The van der Waals surface area contributed by atoms with E-state index in [9.17, 15) is 0 Å². The highest BCUT2D eigenvalue weighted by Crippen LogP contribution is 2.30. The molecule has 0 amide bonds. The lowest BCUT2D eigenvalue weighted by Gasteiger charge is -2.35. The van der Waals surface area contributed by atoms with Crippen LogP contribution in [0.5, 0.6) is 0 Å². The summed E-state index contributed by atoms with van der Waals surface area (Å²) in [5.74, 6) is 1.06. The summed E-state index contributed by atoms with van der Waals surface area (Å²) >= 11 is 0. The Morgan fingerprint density at radius 3 is 2.68 bits per heavy atom. The summed E-state index contributed by atoms with van der Waals surface area (Å²) in [6.45, 7) is 9.76. The number of aromatic nitrogens is 3. The first kappa shape index (κ1) is 24.6. The van der Waals surface area contributed by atoms with Gasteiger partial charge in [-0.05, 0) is 56.6 Å². The number of piperidine rings is 1. The predicted molar refractivity (Wildman–Crippen MR) is 142 cm³/mol. The first-order chi connectivity index (χ1) is 16.2. The van der Waals surface area contributed by atoms with Crippen LogP contribution in [-0.2, 0) is 0 Å². The van der Waals surface area contributed by atoms with Crippen LogP contribution in [-0.4, -0.2) is 72.2 Å². The van der Waals surface area contributed by atoms with Crippen molar-refractivity contribution in [3.05, 3.63) is 42.5 Å². The van der Waals surface area contributed by atoms with Crippen molar-refractivity contribution >= 4 is 36.0 Å². The lowest BCUT2D eigenvalue weighted by molar-refractivity contribution is 0.270. The van der Waals surface area contributed by atoms with Crippen LogP contribution in [0, 0.1) is 11.7 Å². The van der Waals surface area contributed by atoms with Gasteiger partial charge in [-0.15, -0.1) is 0 Å². The van der Waals surface area contributed by atoms with Crippen LogP contribution < -0.4 is 15.5 Å². The first-order valence-electron chi connectivity index (χ1n) is 12.0. The van der Waals surface area contributed by atoms with Crippen molar-refractivity contribution in [2.24, 2.45) is 5.92 Å². The number of rotatable bonds is 6. The van der Waals surface area contributed by atoms with Crippen LogP contribution in [0.4, 0.5) is 15.9 Å². The lowest BCUT2D eigenvalue weighted by Crippen LogP contribution is -2.46. The van der Waals surface area contributed by atoms with Crippen molar-refractivity contribution in [3.8, 4) is 11.3 Å². The van der Waals surface area contributed by atoms with Crippen LogP contribution >= 0.6 is 13.5 Å². The van der Waals surface area contributed by atoms with E-state index in [4.69, 9.17) is 4.98 Å². The average molecular weight is 484 g/mol.